The molecule has 0 bridgehead atoms. The van der Waals surface area contributed by atoms with Gasteiger partial charge in [0.25, 0.3) is 0 Å². The number of imidazole rings is 1. The highest BCUT2D eigenvalue weighted by molar-refractivity contribution is 5.46. The van der Waals surface area contributed by atoms with Gasteiger partial charge in [0.1, 0.15) is 5.69 Å². The number of rotatable bonds is 6. The van der Waals surface area contributed by atoms with Gasteiger partial charge in [0.15, 0.2) is 0 Å². The lowest BCUT2D eigenvalue weighted by Crippen LogP contribution is -2.28. The van der Waals surface area contributed by atoms with E-state index in [1.807, 2.05) is 11.6 Å². The van der Waals surface area contributed by atoms with Crippen LogP contribution in [0.25, 0.3) is 11.5 Å². The third kappa shape index (κ3) is 2.95. The Hall–Kier alpha value is -1.69. The van der Waals surface area contributed by atoms with E-state index in [0.29, 0.717) is 17.8 Å². The van der Waals surface area contributed by atoms with E-state index in [2.05, 4.69) is 34.3 Å². The van der Waals surface area contributed by atoms with Gasteiger partial charge in [-0.05, 0) is 19.9 Å². The molecule has 0 aromatic carbocycles. The van der Waals surface area contributed by atoms with Crippen LogP contribution in [0, 0.1) is 0 Å². The quantitative estimate of drug-likeness (QED) is 0.838. The molecule has 0 aliphatic heterocycles. The highest BCUT2D eigenvalue weighted by Gasteiger charge is 2.13. The van der Waals surface area contributed by atoms with Crippen LogP contribution in [-0.4, -0.2) is 32.3 Å². The van der Waals surface area contributed by atoms with Crippen LogP contribution in [0.1, 0.15) is 26.2 Å². The molecule has 0 saturated carbocycles. The third-order valence-electron chi connectivity index (χ3n) is 2.74. The summed E-state index contributed by atoms with van der Waals surface area (Å²) in [7, 11) is 1.91. The van der Waals surface area contributed by atoms with Gasteiger partial charge in [-0.25, -0.2) is 4.98 Å². The van der Waals surface area contributed by atoms with Crippen LogP contribution >= 0.6 is 0 Å². The van der Waals surface area contributed by atoms with Crippen molar-refractivity contribution < 1.29 is 4.52 Å². The molecule has 0 amide bonds. The second-order valence-corrected chi connectivity index (χ2v) is 4.46. The van der Waals surface area contributed by atoms with Crippen molar-refractivity contribution in [3.63, 3.8) is 0 Å². The van der Waals surface area contributed by atoms with Crippen molar-refractivity contribution in [3.8, 4) is 11.5 Å². The fraction of sp³-hybridized carbons (Fsp3) is 0.583. The molecule has 0 aliphatic rings. The van der Waals surface area contributed by atoms with Gasteiger partial charge >= 0.3 is 0 Å². The summed E-state index contributed by atoms with van der Waals surface area (Å²) in [6, 6.07) is 0.338. The van der Waals surface area contributed by atoms with Crippen LogP contribution in [0.3, 0.4) is 0 Å². The number of hydrogen-bond acceptors (Lipinski definition) is 5. The minimum Gasteiger partial charge on any atom is -0.339 e. The van der Waals surface area contributed by atoms with E-state index in [1.165, 1.54) is 0 Å². The molecule has 0 aliphatic carbocycles. The van der Waals surface area contributed by atoms with E-state index in [9.17, 15) is 0 Å². The van der Waals surface area contributed by atoms with Gasteiger partial charge in [0.2, 0.25) is 11.7 Å². The number of aromatic nitrogens is 4. The maximum absolute atomic E-state index is 5.25. The molecule has 18 heavy (non-hydrogen) atoms. The fourth-order valence-electron chi connectivity index (χ4n) is 1.74. The first-order valence-corrected chi connectivity index (χ1v) is 6.23. The van der Waals surface area contributed by atoms with E-state index in [1.54, 1.807) is 12.5 Å². The Morgan fingerprint density at radius 1 is 1.50 bits per heavy atom. The molecule has 2 aromatic heterocycles. The predicted octanol–water partition coefficient (Wildman–Crippen LogP) is 1.40. The zero-order chi connectivity index (χ0) is 13.0. The maximum Gasteiger partial charge on any atom is 0.228 e. The van der Waals surface area contributed by atoms with Crippen LogP contribution in [0.2, 0.25) is 0 Å². The van der Waals surface area contributed by atoms with E-state index in [-0.39, 0.29) is 0 Å². The Bertz CT molecular complexity index is 490. The van der Waals surface area contributed by atoms with Gasteiger partial charge in [-0.2, -0.15) is 4.98 Å². The maximum atomic E-state index is 5.25. The standard InChI is InChI=1S/C12H19N5O/c1-4-5-14-9(2)6-11-15-12(16-18-11)10-7-13-8-17(10)3/h7-9,14H,4-6H2,1-3H3. The molecule has 1 atom stereocenters. The second kappa shape index (κ2) is 5.77. The first-order chi connectivity index (χ1) is 8.70. The van der Waals surface area contributed by atoms with E-state index in [4.69, 9.17) is 4.52 Å². The lowest BCUT2D eigenvalue weighted by molar-refractivity contribution is 0.361. The summed E-state index contributed by atoms with van der Waals surface area (Å²) in [5, 5.41) is 7.37. The molecular formula is C12H19N5O. The van der Waals surface area contributed by atoms with Crippen molar-refractivity contribution in [2.75, 3.05) is 6.54 Å². The minimum atomic E-state index is 0.338. The molecule has 2 heterocycles. The SMILES string of the molecule is CCCNC(C)Cc1nc(-c2cncn2C)no1. The third-order valence-corrected chi connectivity index (χ3v) is 2.74. The molecule has 6 nitrogen and oxygen atoms in total. The molecule has 1 unspecified atom stereocenters. The Balaban J connectivity index is 2.00. The number of nitrogens with one attached hydrogen (secondary N) is 1. The lowest BCUT2D eigenvalue weighted by atomic mass is 10.2. The van der Waals surface area contributed by atoms with Crippen LogP contribution in [0.5, 0.6) is 0 Å². The number of hydrogen-bond donors (Lipinski definition) is 1. The van der Waals surface area contributed by atoms with E-state index < -0.39 is 0 Å². The number of nitrogens with zero attached hydrogens (tertiary/aromatic N) is 4. The Labute approximate surface area is 106 Å². The fourth-order valence-corrected chi connectivity index (χ4v) is 1.74. The Kier molecular flexibility index (Phi) is 4.09. The molecular weight excluding hydrogens is 230 g/mol. The molecule has 98 valence electrons. The zero-order valence-electron chi connectivity index (χ0n) is 11.1. The average molecular weight is 249 g/mol. The molecule has 6 heteroatoms. The molecule has 0 fully saturated rings. The number of aryl methyl sites for hydroxylation is 1. The summed E-state index contributed by atoms with van der Waals surface area (Å²) in [4.78, 5) is 8.42. The molecule has 0 spiro atoms. The smallest absolute Gasteiger partial charge is 0.228 e. The second-order valence-electron chi connectivity index (χ2n) is 4.46. The summed E-state index contributed by atoms with van der Waals surface area (Å²) in [6.07, 6.45) is 5.31. The van der Waals surface area contributed by atoms with Crippen molar-refractivity contribution in [1.82, 2.24) is 25.0 Å². The zero-order valence-corrected chi connectivity index (χ0v) is 11.1. The summed E-state index contributed by atoms with van der Waals surface area (Å²) in [5.41, 5.74) is 0.860. The largest absolute Gasteiger partial charge is 0.339 e. The summed E-state index contributed by atoms with van der Waals surface area (Å²) in [6.45, 7) is 5.26. The topological polar surface area (TPSA) is 68.8 Å². The van der Waals surface area contributed by atoms with E-state index >= 15 is 0 Å². The average Bonchev–Trinajstić information content (AvgIpc) is 2.95. The van der Waals surface area contributed by atoms with Crippen molar-refractivity contribution >= 4 is 0 Å². The molecule has 0 saturated heterocycles. The first kappa shape index (κ1) is 12.8. The summed E-state index contributed by atoms with van der Waals surface area (Å²) in [5.74, 6) is 1.25. The Morgan fingerprint density at radius 3 is 3.00 bits per heavy atom. The molecule has 0 radical (unpaired) electrons. The van der Waals surface area contributed by atoms with Crippen molar-refractivity contribution in [2.24, 2.45) is 7.05 Å². The van der Waals surface area contributed by atoms with Gasteiger partial charge in [0, 0.05) is 19.5 Å². The predicted molar refractivity (Wildman–Crippen MR) is 68.0 cm³/mol. The van der Waals surface area contributed by atoms with Gasteiger partial charge in [-0.15, -0.1) is 0 Å². The van der Waals surface area contributed by atoms with E-state index in [0.717, 1.165) is 25.1 Å². The van der Waals surface area contributed by atoms with Gasteiger partial charge in [-0.3, -0.25) is 0 Å². The van der Waals surface area contributed by atoms with Gasteiger partial charge in [0.05, 0.1) is 12.5 Å². The van der Waals surface area contributed by atoms with Crippen molar-refractivity contribution in [1.29, 1.82) is 0 Å². The minimum absolute atomic E-state index is 0.338. The van der Waals surface area contributed by atoms with Crippen LogP contribution in [-0.2, 0) is 13.5 Å². The van der Waals surface area contributed by atoms with Crippen molar-refractivity contribution in [2.45, 2.75) is 32.7 Å². The molecule has 2 aromatic rings. The van der Waals surface area contributed by atoms with Crippen LogP contribution in [0.4, 0.5) is 0 Å². The highest BCUT2D eigenvalue weighted by Crippen LogP contribution is 2.14. The normalized spacial score (nSPS) is 12.8. The summed E-state index contributed by atoms with van der Waals surface area (Å²) < 4.78 is 7.12. The Morgan fingerprint density at radius 2 is 2.33 bits per heavy atom. The molecule has 2 rings (SSSR count). The highest BCUT2D eigenvalue weighted by atomic mass is 16.5. The monoisotopic (exact) mass is 249 g/mol. The summed E-state index contributed by atoms with van der Waals surface area (Å²) >= 11 is 0. The van der Waals surface area contributed by atoms with Gasteiger partial charge < -0.3 is 14.4 Å². The molecule has 1 N–H and O–H groups in total. The van der Waals surface area contributed by atoms with Crippen LogP contribution < -0.4 is 5.32 Å². The lowest BCUT2D eigenvalue weighted by Gasteiger charge is -2.09. The van der Waals surface area contributed by atoms with Crippen molar-refractivity contribution in [3.05, 3.63) is 18.4 Å². The van der Waals surface area contributed by atoms with Gasteiger partial charge in [-0.1, -0.05) is 12.1 Å². The first-order valence-electron chi connectivity index (χ1n) is 6.23. The van der Waals surface area contributed by atoms with Crippen LogP contribution in [0.15, 0.2) is 17.0 Å².